The lowest BCUT2D eigenvalue weighted by atomic mass is 10.1. The Labute approximate surface area is 103 Å². The van der Waals surface area contributed by atoms with Gasteiger partial charge in [0.15, 0.2) is 5.60 Å². The van der Waals surface area contributed by atoms with Crippen molar-refractivity contribution in [1.82, 2.24) is 0 Å². The molecule has 0 aliphatic rings. The van der Waals surface area contributed by atoms with E-state index in [4.69, 9.17) is 39.5 Å². The first-order valence-electron chi connectivity index (χ1n) is 4.16. The standard InChI is InChI=1S/C10H9Cl3O2/c1-10(2,9(13)14)15-8-4-6(11)3-7(12)5-8/h3-5H,1-2H3. The molecule has 0 unspecified atom stereocenters. The smallest absolute Gasteiger partial charge is 0.264 e. The second kappa shape index (κ2) is 4.60. The molecule has 0 saturated carbocycles. The highest BCUT2D eigenvalue weighted by Gasteiger charge is 2.28. The van der Waals surface area contributed by atoms with Gasteiger partial charge in [0, 0.05) is 10.0 Å². The number of rotatable bonds is 3. The summed E-state index contributed by atoms with van der Waals surface area (Å²) in [5.41, 5.74) is -1.10. The topological polar surface area (TPSA) is 26.3 Å². The maximum atomic E-state index is 11.0. The predicted octanol–water partition coefficient (Wildman–Crippen LogP) is 3.92. The van der Waals surface area contributed by atoms with E-state index in [0.717, 1.165) is 0 Å². The largest absolute Gasteiger partial charge is 0.479 e. The SMILES string of the molecule is CC(C)(Oc1cc(Cl)cc(Cl)c1)C(=O)Cl. The van der Waals surface area contributed by atoms with Gasteiger partial charge < -0.3 is 4.74 Å². The molecule has 0 spiro atoms. The van der Waals surface area contributed by atoms with Crippen molar-refractivity contribution in [3.05, 3.63) is 28.2 Å². The van der Waals surface area contributed by atoms with Crippen LogP contribution < -0.4 is 4.74 Å². The van der Waals surface area contributed by atoms with Crippen LogP contribution in [0.25, 0.3) is 0 Å². The predicted molar refractivity (Wildman–Crippen MR) is 62.0 cm³/mol. The van der Waals surface area contributed by atoms with Crippen LogP contribution in [0.4, 0.5) is 0 Å². The highest BCUT2D eigenvalue weighted by molar-refractivity contribution is 6.65. The zero-order valence-corrected chi connectivity index (χ0v) is 10.5. The molecule has 0 aromatic heterocycles. The van der Waals surface area contributed by atoms with Crippen molar-refractivity contribution >= 4 is 40.0 Å². The molecule has 0 atom stereocenters. The third-order valence-corrected chi connectivity index (χ3v) is 2.57. The van der Waals surface area contributed by atoms with Gasteiger partial charge >= 0.3 is 0 Å². The summed E-state index contributed by atoms with van der Waals surface area (Å²) in [6, 6.07) is 4.70. The molecular weight excluding hydrogens is 258 g/mol. The summed E-state index contributed by atoms with van der Waals surface area (Å²) in [7, 11) is 0. The third kappa shape index (κ3) is 3.56. The Kier molecular flexibility index (Phi) is 3.87. The average Bonchev–Trinajstić information content (AvgIpc) is 1.99. The molecule has 0 saturated heterocycles. The van der Waals surface area contributed by atoms with Crippen LogP contribution in [0.2, 0.25) is 10.0 Å². The molecule has 1 aromatic rings. The minimum atomic E-state index is -1.10. The molecule has 15 heavy (non-hydrogen) atoms. The van der Waals surface area contributed by atoms with E-state index < -0.39 is 10.8 Å². The van der Waals surface area contributed by atoms with Gasteiger partial charge in [0.25, 0.3) is 5.24 Å². The van der Waals surface area contributed by atoms with E-state index in [9.17, 15) is 4.79 Å². The molecule has 5 heteroatoms. The fraction of sp³-hybridized carbons (Fsp3) is 0.300. The number of hydrogen-bond donors (Lipinski definition) is 0. The molecule has 1 aromatic carbocycles. The van der Waals surface area contributed by atoms with Crippen molar-refractivity contribution in [1.29, 1.82) is 0 Å². The molecule has 0 aliphatic carbocycles. The van der Waals surface area contributed by atoms with Gasteiger partial charge in [0.2, 0.25) is 0 Å². The minimum Gasteiger partial charge on any atom is -0.479 e. The Morgan fingerprint density at radius 3 is 2.07 bits per heavy atom. The van der Waals surface area contributed by atoms with Crippen molar-refractivity contribution in [3.8, 4) is 5.75 Å². The van der Waals surface area contributed by atoms with Crippen LogP contribution in [0, 0.1) is 0 Å². The van der Waals surface area contributed by atoms with Gasteiger partial charge in [0.1, 0.15) is 5.75 Å². The second-order valence-electron chi connectivity index (χ2n) is 3.49. The number of ether oxygens (including phenoxy) is 1. The molecule has 82 valence electrons. The van der Waals surface area contributed by atoms with Gasteiger partial charge in [-0.15, -0.1) is 0 Å². The van der Waals surface area contributed by atoms with E-state index in [0.29, 0.717) is 15.8 Å². The Balaban J connectivity index is 2.94. The van der Waals surface area contributed by atoms with Crippen LogP contribution in [0.5, 0.6) is 5.75 Å². The van der Waals surface area contributed by atoms with Crippen LogP contribution in [-0.4, -0.2) is 10.8 Å². The van der Waals surface area contributed by atoms with E-state index in [2.05, 4.69) is 0 Å². The van der Waals surface area contributed by atoms with Gasteiger partial charge in [-0.25, -0.2) is 0 Å². The molecule has 0 radical (unpaired) electrons. The van der Waals surface area contributed by atoms with Crippen LogP contribution in [-0.2, 0) is 4.79 Å². The molecule has 0 heterocycles. The van der Waals surface area contributed by atoms with Crippen molar-refractivity contribution in [3.63, 3.8) is 0 Å². The second-order valence-corrected chi connectivity index (χ2v) is 4.71. The normalized spacial score (nSPS) is 11.3. The summed E-state index contributed by atoms with van der Waals surface area (Å²) in [6.45, 7) is 3.13. The van der Waals surface area contributed by atoms with E-state index in [-0.39, 0.29) is 0 Å². The summed E-state index contributed by atoms with van der Waals surface area (Å²) >= 11 is 16.9. The lowest BCUT2D eigenvalue weighted by molar-refractivity contribution is -0.123. The molecule has 0 amide bonds. The maximum Gasteiger partial charge on any atom is 0.264 e. The Morgan fingerprint density at radius 1 is 1.20 bits per heavy atom. The van der Waals surface area contributed by atoms with Crippen LogP contribution in [0.1, 0.15) is 13.8 Å². The lowest BCUT2D eigenvalue weighted by Crippen LogP contribution is -2.34. The van der Waals surface area contributed by atoms with Crippen molar-refractivity contribution in [2.24, 2.45) is 0 Å². The first kappa shape index (κ1) is 12.6. The summed E-state index contributed by atoms with van der Waals surface area (Å²) in [6.07, 6.45) is 0. The van der Waals surface area contributed by atoms with E-state index >= 15 is 0 Å². The Bertz CT molecular complexity index is 368. The van der Waals surface area contributed by atoms with Crippen molar-refractivity contribution < 1.29 is 9.53 Å². The van der Waals surface area contributed by atoms with Crippen LogP contribution in [0.3, 0.4) is 0 Å². The fourth-order valence-electron chi connectivity index (χ4n) is 0.922. The summed E-state index contributed by atoms with van der Waals surface area (Å²) in [4.78, 5) is 11.0. The third-order valence-electron chi connectivity index (χ3n) is 1.68. The molecule has 2 nitrogen and oxygen atoms in total. The zero-order chi connectivity index (χ0) is 11.6. The number of benzene rings is 1. The average molecular weight is 268 g/mol. The summed E-state index contributed by atoms with van der Waals surface area (Å²) in [5.74, 6) is 0.409. The van der Waals surface area contributed by atoms with Crippen molar-refractivity contribution in [2.45, 2.75) is 19.4 Å². The number of hydrogen-bond acceptors (Lipinski definition) is 2. The van der Waals surface area contributed by atoms with E-state index in [1.807, 2.05) is 0 Å². The van der Waals surface area contributed by atoms with Gasteiger partial charge in [0.05, 0.1) is 0 Å². The number of halogens is 3. The van der Waals surface area contributed by atoms with Gasteiger partial charge in [-0.3, -0.25) is 4.79 Å². The first-order valence-corrected chi connectivity index (χ1v) is 5.30. The molecule has 0 bridgehead atoms. The number of carbonyl (C=O) groups is 1. The van der Waals surface area contributed by atoms with E-state index in [1.54, 1.807) is 32.0 Å². The summed E-state index contributed by atoms with van der Waals surface area (Å²) < 4.78 is 5.37. The monoisotopic (exact) mass is 266 g/mol. The molecular formula is C10H9Cl3O2. The van der Waals surface area contributed by atoms with Gasteiger partial charge in [-0.05, 0) is 43.6 Å². The first-order chi connectivity index (χ1) is 6.81. The molecule has 0 N–H and O–H groups in total. The van der Waals surface area contributed by atoms with E-state index in [1.165, 1.54) is 0 Å². The minimum absolute atomic E-state index is 0.409. The molecule has 0 aliphatic heterocycles. The van der Waals surface area contributed by atoms with Gasteiger partial charge in [-0.1, -0.05) is 23.2 Å². The van der Waals surface area contributed by atoms with Crippen LogP contribution in [0.15, 0.2) is 18.2 Å². The lowest BCUT2D eigenvalue weighted by Gasteiger charge is -2.22. The zero-order valence-electron chi connectivity index (χ0n) is 8.18. The Hall–Kier alpha value is -0.440. The highest BCUT2D eigenvalue weighted by atomic mass is 35.5. The van der Waals surface area contributed by atoms with Crippen LogP contribution >= 0.6 is 34.8 Å². The molecule has 1 rings (SSSR count). The fourth-order valence-corrected chi connectivity index (χ4v) is 1.47. The number of carbonyl (C=O) groups excluding carboxylic acids is 1. The highest BCUT2D eigenvalue weighted by Crippen LogP contribution is 2.27. The quantitative estimate of drug-likeness (QED) is 0.776. The van der Waals surface area contributed by atoms with Crippen molar-refractivity contribution in [2.75, 3.05) is 0 Å². The maximum absolute atomic E-state index is 11.0. The Morgan fingerprint density at radius 2 is 1.67 bits per heavy atom. The summed E-state index contributed by atoms with van der Waals surface area (Å²) in [5, 5.41) is 0.296. The molecule has 0 fully saturated rings. The van der Waals surface area contributed by atoms with Gasteiger partial charge in [-0.2, -0.15) is 0 Å².